The molecule has 0 radical (unpaired) electrons. The molecule has 0 aromatic heterocycles. The lowest BCUT2D eigenvalue weighted by molar-refractivity contribution is -0.121. The zero-order chi connectivity index (χ0) is 14.3. The minimum Gasteiger partial charge on any atom is -0.489 e. The highest BCUT2D eigenvalue weighted by Gasteiger charge is 2.07. The molecule has 0 saturated carbocycles. The van der Waals surface area contributed by atoms with E-state index < -0.39 is 0 Å². The van der Waals surface area contributed by atoms with E-state index in [0.29, 0.717) is 24.4 Å². The molecule has 0 aliphatic carbocycles. The number of hydrogen-bond donors (Lipinski definition) is 2. The smallest absolute Gasteiger partial charge is 0.220 e. The molecule has 106 valence electrons. The molecule has 0 aliphatic heterocycles. The molecule has 0 fully saturated rings. The Hall–Kier alpha value is -1.26. The predicted molar refractivity (Wildman–Crippen MR) is 77.4 cm³/mol. The zero-order valence-corrected chi connectivity index (χ0v) is 12.1. The van der Waals surface area contributed by atoms with E-state index in [9.17, 15) is 4.79 Å². The number of amides is 1. The van der Waals surface area contributed by atoms with Crippen LogP contribution in [0.1, 0.15) is 26.7 Å². The van der Waals surface area contributed by atoms with Crippen molar-refractivity contribution in [1.29, 1.82) is 0 Å². The first kappa shape index (κ1) is 15.8. The molecule has 0 aliphatic rings. The summed E-state index contributed by atoms with van der Waals surface area (Å²) in [7, 11) is 0. The normalized spacial score (nSPS) is 13.7. The fraction of sp³-hybridized carbons (Fsp3) is 0.500. The number of ether oxygens (including phenoxy) is 1. The van der Waals surface area contributed by atoms with Crippen LogP contribution in [0.3, 0.4) is 0 Å². The van der Waals surface area contributed by atoms with Crippen LogP contribution in [0.4, 0.5) is 0 Å². The van der Waals surface area contributed by atoms with Crippen molar-refractivity contribution in [1.82, 2.24) is 5.32 Å². The number of hydrogen-bond acceptors (Lipinski definition) is 3. The molecule has 3 N–H and O–H groups in total. The Bertz CT molecular complexity index is 393. The first-order chi connectivity index (χ1) is 8.97. The van der Waals surface area contributed by atoms with E-state index in [1.54, 1.807) is 24.3 Å². The second kappa shape index (κ2) is 8.02. The number of carbonyl (C=O) groups is 1. The molecule has 4 nitrogen and oxygen atoms in total. The lowest BCUT2D eigenvalue weighted by atomic mass is 10.2. The van der Waals surface area contributed by atoms with E-state index in [2.05, 4.69) is 5.32 Å². The van der Waals surface area contributed by atoms with Gasteiger partial charge in [-0.3, -0.25) is 4.79 Å². The average Bonchev–Trinajstić information content (AvgIpc) is 2.36. The van der Waals surface area contributed by atoms with Crippen molar-refractivity contribution in [2.75, 3.05) is 6.54 Å². The van der Waals surface area contributed by atoms with Gasteiger partial charge >= 0.3 is 0 Å². The van der Waals surface area contributed by atoms with E-state index >= 15 is 0 Å². The van der Waals surface area contributed by atoms with Crippen LogP contribution in [-0.4, -0.2) is 24.6 Å². The Balaban J connectivity index is 2.25. The minimum atomic E-state index is -0.0968. The average molecular weight is 285 g/mol. The van der Waals surface area contributed by atoms with Gasteiger partial charge in [-0.1, -0.05) is 11.6 Å². The van der Waals surface area contributed by atoms with E-state index in [1.165, 1.54) is 0 Å². The van der Waals surface area contributed by atoms with Crippen molar-refractivity contribution >= 4 is 17.5 Å². The SMILES string of the molecule is CC(N)CCC(=O)NCC(C)Oc1ccc(Cl)cc1. The Labute approximate surface area is 119 Å². The van der Waals surface area contributed by atoms with Crippen LogP contribution in [-0.2, 0) is 4.79 Å². The molecule has 1 aromatic rings. The van der Waals surface area contributed by atoms with Gasteiger partial charge in [-0.05, 0) is 44.5 Å². The Kier molecular flexibility index (Phi) is 6.67. The van der Waals surface area contributed by atoms with Crippen molar-refractivity contribution in [3.63, 3.8) is 0 Å². The van der Waals surface area contributed by atoms with Crippen LogP contribution >= 0.6 is 11.6 Å². The summed E-state index contributed by atoms with van der Waals surface area (Å²) in [6, 6.07) is 7.19. The van der Waals surface area contributed by atoms with E-state index in [1.807, 2.05) is 13.8 Å². The number of benzene rings is 1. The Morgan fingerprint density at radius 1 is 1.37 bits per heavy atom. The summed E-state index contributed by atoms with van der Waals surface area (Å²) in [6.07, 6.45) is 1.05. The molecule has 1 amide bonds. The number of halogens is 1. The van der Waals surface area contributed by atoms with Gasteiger partial charge in [0.1, 0.15) is 11.9 Å². The van der Waals surface area contributed by atoms with Gasteiger partial charge in [0.05, 0.1) is 6.54 Å². The topological polar surface area (TPSA) is 64.4 Å². The molecule has 0 saturated heterocycles. The van der Waals surface area contributed by atoms with Crippen molar-refractivity contribution in [2.24, 2.45) is 5.73 Å². The van der Waals surface area contributed by atoms with Gasteiger partial charge in [-0.25, -0.2) is 0 Å². The molecule has 2 unspecified atom stereocenters. The highest BCUT2D eigenvalue weighted by molar-refractivity contribution is 6.30. The highest BCUT2D eigenvalue weighted by atomic mass is 35.5. The highest BCUT2D eigenvalue weighted by Crippen LogP contribution is 2.16. The van der Waals surface area contributed by atoms with Gasteiger partial charge in [0.25, 0.3) is 0 Å². The summed E-state index contributed by atoms with van der Waals surface area (Å²) < 4.78 is 5.65. The monoisotopic (exact) mass is 284 g/mol. The van der Waals surface area contributed by atoms with Crippen molar-refractivity contribution in [3.8, 4) is 5.75 Å². The fourth-order valence-corrected chi connectivity index (χ4v) is 1.62. The van der Waals surface area contributed by atoms with Gasteiger partial charge in [-0.15, -0.1) is 0 Å². The van der Waals surface area contributed by atoms with Gasteiger partial charge in [0.15, 0.2) is 0 Å². The molecule has 19 heavy (non-hydrogen) atoms. The maximum atomic E-state index is 11.5. The van der Waals surface area contributed by atoms with E-state index in [4.69, 9.17) is 22.1 Å². The van der Waals surface area contributed by atoms with Crippen LogP contribution in [0.15, 0.2) is 24.3 Å². The summed E-state index contributed by atoms with van der Waals surface area (Å²) >= 11 is 5.79. The van der Waals surface area contributed by atoms with E-state index in [0.717, 1.165) is 5.75 Å². The van der Waals surface area contributed by atoms with Crippen molar-refractivity contribution < 1.29 is 9.53 Å². The third-order valence-corrected chi connectivity index (χ3v) is 2.82. The fourth-order valence-electron chi connectivity index (χ4n) is 1.49. The third-order valence-electron chi connectivity index (χ3n) is 2.56. The maximum absolute atomic E-state index is 11.5. The van der Waals surface area contributed by atoms with Gasteiger partial charge < -0.3 is 15.8 Å². The summed E-state index contributed by atoms with van der Waals surface area (Å²) in [6.45, 7) is 4.26. The first-order valence-electron chi connectivity index (χ1n) is 6.42. The Morgan fingerprint density at radius 3 is 2.58 bits per heavy atom. The molecule has 0 spiro atoms. The second-order valence-electron chi connectivity index (χ2n) is 4.70. The number of carbonyl (C=O) groups excluding carboxylic acids is 1. The molecule has 1 aromatic carbocycles. The minimum absolute atomic E-state index is 0.00357. The second-order valence-corrected chi connectivity index (χ2v) is 5.14. The molecule has 2 atom stereocenters. The largest absolute Gasteiger partial charge is 0.489 e. The first-order valence-corrected chi connectivity index (χ1v) is 6.79. The summed E-state index contributed by atoms with van der Waals surface area (Å²) in [4.78, 5) is 11.5. The lowest BCUT2D eigenvalue weighted by Gasteiger charge is -2.15. The molecular formula is C14H21ClN2O2. The van der Waals surface area contributed by atoms with Crippen LogP contribution in [0.25, 0.3) is 0 Å². The maximum Gasteiger partial charge on any atom is 0.220 e. The van der Waals surface area contributed by atoms with Crippen LogP contribution < -0.4 is 15.8 Å². The molecular weight excluding hydrogens is 264 g/mol. The van der Waals surface area contributed by atoms with E-state index in [-0.39, 0.29) is 18.1 Å². The van der Waals surface area contributed by atoms with Gasteiger partial charge in [-0.2, -0.15) is 0 Å². The summed E-state index contributed by atoms with van der Waals surface area (Å²) in [5, 5.41) is 3.49. The summed E-state index contributed by atoms with van der Waals surface area (Å²) in [5.74, 6) is 0.741. The van der Waals surface area contributed by atoms with Crippen molar-refractivity contribution in [2.45, 2.75) is 38.8 Å². The predicted octanol–water partition coefficient (Wildman–Crippen LogP) is 2.35. The molecule has 0 heterocycles. The molecule has 0 bridgehead atoms. The number of nitrogens with two attached hydrogens (primary N) is 1. The van der Waals surface area contributed by atoms with Crippen LogP contribution in [0.2, 0.25) is 5.02 Å². The van der Waals surface area contributed by atoms with Crippen LogP contribution in [0, 0.1) is 0 Å². The standard InChI is InChI=1S/C14H21ClN2O2/c1-10(16)3-8-14(18)17-9-11(2)19-13-6-4-12(15)5-7-13/h4-7,10-11H,3,8-9,16H2,1-2H3,(H,17,18). The number of nitrogens with one attached hydrogen (secondary N) is 1. The van der Waals surface area contributed by atoms with Gasteiger partial charge in [0, 0.05) is 17.5 Å². The summed E-state index contributed by atoms with van der Waals surface area (Å²) in [5.41, 5.74) is 5.60. The lowest BCUT2D eigenvalue weighted by Crippen LogP contribution is -2.34. The third kappa shape index (κ3) is 7.03. The number of rotatable bonds is 7. The quantitative estimate of drug-likeness (QED) is 0.808. The Morgan fingerprint density at radius 2 is 2.00 bits per heavy atom. The molecule has 1 rings (SSSR count). The zero-order valence-electron chi connectivity index (χ0n) is 11.4. The van der Waals surface area contributed by atoms with Gasteiger partial charge in [0.2, 0.25) is 5.91 Å². The van der Waals surface area contributed by atoms with Crippen LogP contribution in [0.5, 0.6) is 5.75 Å². The van der Waals surface area contributed by atoms with Crippen molar-refractivity contribution in [3.05, 3.63) is 29.3 Å². The molecule has 5 heteroatoms.